The van der Waals surface area contributed by atoms with E-state index in [0.717, 1.165) is 77.9 Å². The zero-order valence-corrected chi connectivity index (χ0v) is 29.0. The first-order chi connectivity index (χ1) is 26.7. The number of nitrogens with zero attached hydrogens (tertiary/aromatic N) is 5. The lowest BCUT2D eigenvalue weighted by Crippen LogP contribution is -2.04. The molecule has 0 aliphatic rings. The number of fused-ring (bicyclic) bond motifs is 6. The molecule has 0 aliphatic carbocycles. The van der Waals surface area contributed by atoms with Crippen LogP contribution in [-0.2, 0) is 0 Å². The topological polar surface area (TPSA) is 70.3 Å². The van der Waals surface area contributed by atoms with Crippen molar-refractivity contribution in [2.24, 2.45) is 0 Å². The van der Waals surface area contributed by atoms with Crippen LogP contribution in [0.2, 0.25) is 0 Å². The van der Waals surface area contributed by atoms with Gasteiger partial charge in [0.15, 0.2) is 0 Å². The van der Waals surface area contributed by atoms with Gasteiger partial charge in [-0.15, -0.1) is 0 Å². The first-order valence-corrected chi connectivity index (χ1v) is 17.8. The fraction of sp³-hybridized carbons (Fsp3) is 0. The Labute approximate surface area is 311 Å². The minimum atomic E-state index is 0.618. The van der Waals surface area contributed by atoms with Gasteiger partial charge in [0.05, 0.1) is 45.3 Å². The van der Waals surface area contributed by atoms with E-state index in [4.69, 9.17) is 4.98 Å². The number of hydrogen-bond donors (Lipinski definition) is 0. The molecule has 0 bridgehead atoms. The van der Waals surface area contributed by atoms with Crippen molar-refractivity contribution in [2.75, 3.05) is 0 Å². The largest absolute Gasteiger partial charge is 0.294 e. The van der Waals surface area contributed by atoms with Crippen LogP contribution in [0.5, 0.6) is 0 Å². The number of rotatable bonds is 5. The molecule has 5 nitrogen and oxygen atoms in total. The van der Waals surface area contributed by atoms with Gasteiger partial charge in [-0.25, -0.2) is 4.98 Å². The lowest BCUT2D eigenvalue weighted by atomic mass is 9.89. The Hall–Kier alpha value is -7.73. The summed E-state index contributed by atoms with van der Waals surface area (Å²) in [5.74, 6) is 1.57. The Morgan fingerprint density at radius 3 is 1.28 bits per heavy atom. The summed E-state index contributed by atoms with van der Waals surface area (Å²) in [7, 11) is 0. The van der Waals surface area contributed by atoms with Crippen molar-refractivity contribution < 1.29 is 0 Å². The number of benzene rings is 7. The molecule has 0 spiro atoms. The molecule has 3 aromatic heterocycles. The van der Waals surface area contributed by atoms with Gasteiger partial charge in [-0.05, 0) is 94.0 Å². The molecule has 54 heavy (non-hydrogen) atoms. The average molecular weight is 688 g/mol. The summed E-state index contributed by atoms with van der Waals surface area (Å²) in [6.07, 6.45) is 0. The Morgan fingerprint density at radius 2 is 0.759 bits per heavy atom. The van der Waals surface area contributed by atoms with Crippen molar-refractivity contribution in [3.8, 4) is 57.2 Å². The first kappa shape index (κ1) is 31.0. The Morgan fingerprint density at radius 1 is 0.352 bits per heavy atom. The molecule has 0 saturated heterocycles. The van der Waals surface area contributed by atoms with Gasteiger partial charge in [0.2, 0.25) is 0 Å². The maximum absolute atomic E-state index is 9.82. The van der Waals surface area contributed by atoms with E-state index in [-0.39, 0.29) is 0 Å². The number of aromatic nitrogens is 3. The monoisotopic (exact) mass is 687 g/mol. The van der Waals surface area contributed by atoms with Crippen LogP contribution < -0.4 is 0 Å². The fourth-order valence-electron chi connectivity index (χ4n) is 8.01. The van der Waals surface area contributed by atoms with Gasteiger partial charge in [-0.1, -0.05) is 115 Å². The summed E-state index contributed by atoms with van der Waals surface area (Å²) in [4.78, 5) is 5.51. The van der Waals surface area contributed by atoms with E-state index < -0.39 is 0 Å². The molecule has 5 heteroatoms. The van der Waals surface area contributed by atoms with E-state index in [1.807, 2.05) is 48.5 Å². The highest BCUT2D eigenvalue weighted by molar-refractivity contribution is 6.10. The number of nitriles is 2. The highest BCUT2D eigenvalue weighted by Gasteiger charge is 2.20. The molecule has 10 aromatic rings. The lowest BCUT2D eigenvalue weighted by molar-refractivity contribution is 1.01. The van der Waals surface area contributed by atoms with Crippen LogP contribution in [0.25, 0.3) is 88.6 Å². The third-order valence-corrected chi connectivity index (χ3v) is 10.4. The molecule has 0 atom stereocenters. The molecular formula is C49H29N5. The summed E-state index contributed by atoms with van der Waals surface area (Å²) < 4.78 is 4.49. The fourth-order valence-corrected chi connectivity index (χ4v) is 8.01. The van der Waals surface area contributed by atoms with Gasteiger partial charge in [0, 0.05) is 21.5 Å². The zero-order valence-electron chi connectivity index (χ0n) is 29.0. The van der Waals surface area contributed by atoms with Gasteiger partial charge in [-0.3, -0.25) is 9.13 Å². The second-order valence-corrected chi connectivity index (χ2v) is 13.4. The van der Waals surface area contributed by atoms with Crippen molar-refractivity contribution in [1.29, 1.82) is 10.5 Å². The molecule has 0 radical (unpaired) electrons. The first-order valence-electron chi connectivity index (χ1n) is 17.8. The van der Waals surface area contributed by atoms with Crippen LogP contribution in [0.4, 0.5) is 0 Å². The second kappa shape index (κ2) is 12.5. The number of para-hydroxylation sites is 3. The molecule has 250 valence electrons. The summed E-state index contributed by atoms with van der Waals surface area (Å²) in [5, 5.41) is 23.7. The van der Waals surface area contributed by atoms with Crippen LogP contribution in [0.1, 0.15) is 11.1 Å². The molecule has 0 amide bonds. The van der Waals surface area contributed by atoms with Crippen LogP contribution in [0.15, 0.2) is 176 Å². The van der Waals surface area contributed by atoms with Crippen molar-refractivity contribution in [3.05, 3.63) is 187 Å². The molecule has 10 rings (SSSR count). The Kier molecular flexibility index (Phi) is 7.18. The molecule has 3 heterocycles. The molecule has 0 saturated carbocycles. The second-order valence-electron chi connectivity index (χ2n) is 13.4. The van der Waals surface area contributed by atoms with Crippen LogP contribution in [0, 0.1) is 22.7 Å². The van der Waals surface area contributed by atoms with E-state index in [1.54, 1.807) is 0 Å². The van der Waals surface area contributed by atoms with E-state index >= 15 is 0 Å². The quantitative estimate of drug-likeness (QED) is 0.181. The standard InChI is InChI=1S/C49H29N5/c50-30-32-21-24-34(25-22-32)36-11-1-3-13-38(36)39-14-4-2-12-37(39)35-28-48(53-44-18-8-5-15-40(44)41-16-6-9-19-45(41)53)52-49(29-35)54-46-20-10-7-17-42(46)43-27-33(31-51)23-26-47(43)54/h1-29H. The minimum Gasteiger partial charge on any atom is -0.294 e. The Bertz CT molecular complexity index is 3130. The smallest absolute Gasteiger partial charge is 0.140 e. The van der Waals surface area contributed by atoms with E-state index in [9.17, 15) is 10.5 Å². The normalized spacial score (nSPS) is 11.3. The summed E-state index contributed by atoms with van der Waals surface area (Å²) in [6.45, 7) is 0. The van der Waals surface area contributed by atoms with Gasteiger partial charge in [0.1, 0.15) is 11.6 Å². The van der Waals surface area contributed by atoms with E-state index in [2.05, 4.69) is 149 Å². The van der Waals surface area contributed by atoms with Crippen LogP contribution in [-0.4, -0.2) is 14.1 Å². The summed E-state index contributed by atoms with van der Waals surface area (Å²) in [6, 6.07) is 65.0. The van der Waals surface area contributed by atoms with Crippen LogP contribution in [0.3, 0.4) is 0 Å². The van der Waals surface area contributed by atoms with Crippen molar-refractivity contribution >= 4 is 43.6 Å². The van der Waals surface area contributed by atoms with Gasteiger partial charge < -0.3 is 0 Å². The third kappa shape index (κ3) is 4.88. The lowest BCUT2D eigenvalue weighted by Gasteiger charge is -2.18. The third-order valence-electron chi connectivity index (χ3n) is 10.4. The zero-order chi connectivity index (χ0) is 36.2. The summed E-state index contributed by atoms with van der Waals surface area (Å²) in [5.41, 5.74) is 11.8. The van der Waals surface area contributed by atoms with E-state index in [0.29, 0.717) is 11.1 Å². The average Bonchev–Trinajstić information content (AvgIpc) is 3.76. The van der Waals surface area contributed by atoms with Gasteiger partial charge in [0.25, 0.3) is 0 Å². The van der Waals surface area contributed by atoms with Gasteiger partial charge >= 0.3 is 0 Å². The van der Waals surface area contributed by atoms with Gasteiger partial charge in [-0.2, -0.15) is 10.5 Å². The SMILES string of the molecule is N#Cc1ccc(-c2ccccc2-c2ccccc2-c2cc(-n3c4ccccc4c4ccccc43)nc(-n3c4ccccc4c4cc(C#N)ccc43)c2)cc1. The minimum absolute atomic E-state index is 0.618. The molecule has 0 fully saturated rings. The van der Waals surface area contributed by atoms with Crippen molar-refractivity contribution in [1.82, 2.24) is 14.1 Å². The van der Waals surface area contributed by atoms with Crippen molar-refractivity contribution in [2.45, 2.75) is 0 Å². The predicted octanol–water partition coefficient (Wildman–Crippen LogP) is 12.0. The molecule has 7 aromatic carbocycles. The number of hydrogen-bond acceptors (Lipinski definition) is 3. The van der Waals surface area contributed by atoms with Crippen molar-refractivity contribution in [3.63, 3.8) is 0 Å². The maximum atomic E-state index is 9.82. The Balaban J connectivity index is 1.29. The van der Waals surface area contributed by atoms with E-state index in [1.165, 1.54) is 10.8 Å². The molecule has 0 unspecified atom stereocenters. The predicted molar refractivity (Wildman–Crippen MR) is 219 cm³/mol. The number of pyridine rings is 1. The molecular weight excluding hydrogens is 659 g/mol. The molecule has 0 N–H and O–H groups in total. The van der Waals surface area contributed by atoms with Crippen LogP contribution >= 0.6 is 0 Å². The molecule has 0 aliphatic heterocycles. The highest BCUT2D eigenvalue weighted by Crippen LogP contribution is 2.41. The highest BCUT2D eigenvalue weighted by atomic mass is 15.1. The summed E-state index contributed by atoms with van der Waals surface area (Å²) >= 11 is 0. The maximum Gasteiger partial charge on any atom is 0.140 e.